The second kappa shape index (κ2) is 5.04. The standard InChI is InChI=1S/C15H13N3O/c16-10-12-4-2-8-18-15(12)19-13-6-5-11-3-1-7-17-14(11)9-13/h1-9H,10,16H2. The number of rotatable bonds is 3. The van der Waals surface area contributed by atoms with Gasteiger partial charge in [-0.3, -0.25) is 4.98 Å². The van der Waals surface area contributed by atoms with Crippen LogP contribution >= 0.6 is 0 Å². The van der Waals surface area contributed by atoms with E-state index in [0.717, 1.165) is 16.5 Å². The largest absolute Gasteiger partial charge is 0.439 e. The Morgan fingerprint density at radius 2 is 1.84 bits per heavy atom. The van der Waals surface area contributed by atoms with E-state index < -0.39 is 0 Å². The van der Waals surface area contributed by atoms with Crippen molar-refractivity contribution in [2.75, 3.05) is 0 Å². The first-order chi connectivity index (χ1) is 9.36. The summed E-state index contributed by atoms with van der Waals surface area (Å²) in [5.74, 6) is 1.25. The number of hydrogen-bond donors (Lipinski definition) is 1. The third-order valence-corrected chi connectivity index (χ3v) is 2.86. The molecule has 0 bridgehead atoms. The summed E-state index contributed by atoms with van der Waals surface area (Å²) in [7, 11) is 0. The van der Waals surface area contributed by atoms with Crippen molar-refractivity contribution in [3.8, 4) is 11.6 Å². The van der Waals surface area contributed by atoms with E-state index in [2.05, 4.69) is 9.97 Å². The molecule has 0 saturated carbocycles. The molecule has 0 spiro atoms. The lowest BCUT2D eigenvalue weighted by molar-refractivity contribution is 0.457. The maximum Gasteiger partial charge on any atom is 0.223 e. The van der Waals surface area contributed by atoms with Crippen molar-refractivity contribution in [3.63, 3.8) is 0 Å². The molecule has 1 aromatic carbocycles. The van der Waals surface area contributed by atoms with E-state index in [4.69, 9.17) is 10.5 Å². The van der Waals surface area contributed by atoms with E-state index in [1.54, 1.807) is 12.4 Å². The molecule has 0 aliphatic carbocycles. The molecule has 0 radical (unpaired) electrons. The molecule has 0 unspecified atom stereocenters. The molecule has 2 aromatic heterocycles. The van der Waals surface area contributed by atoms with Crippen molar-refractivity contribution in [2.24, 2.45) is 5.73 Å². The second-order valence-electron chi connectivity index (χ2n) is 4.13. The van der Waals surface area contributed by atoms with Crippen LogP contribution in [0.1, 0.15) is 5.56 Å². The minimum absolute atomic E-state index is 0.398. The Labute approximate surface area is 110 Å². The van der Waals surface area contributed by atoms with E-state index in [1.807, 2.05) is 42.5 Å². The van der Waals surface area contributed by atoms with E-state index in [0.29, 0.717) is 18.2 Å². The molecule has 0 fully saturated rings. The summed E-state index contributed by atoms with van der Waals surface area (Å²) in [6.07, 6.45) is 3.45. The predicted octanol–water partition coefficient (Wildman–Crippen LogP) is 2.88. The van der Waals surface area contributed by atoms with Gasteiger partial charge < -0.3 is 10.5 Å². The number of hydrogen-bond acceptors (Lipinski definition) is 4. The maximum atomic E-state index is 5.78. The number of benzene rings is 1. The molecule has 3 aromatic rings. The van der Waals surface area contributed by atoms with Gasteiger partial charge in [0.25, 0.3) is 0 Å². The maximum absolute atomic E-state index is 5.78. The highest BCUT2D eigenvalue weighted by Crippen LogP contribution is 2.25. The van der Waals surface area contributed by atoms with Crippen molar-refractivity contribution >= 4 is 10.9 Å². The zero-order valence-electron chi connectivity index (χ0n) is 10.3. The highest BCUT2D eigenvalue weighted by atomic mass is 16.5. The van der Waals surface area contributed by atoms with E-state index in [9.17, 15) is 0 Å². The summed E-state index contributed by atoms with van der Waals surface area (Å²) in [5, 5.41) is 1.08. The van der Waals surface area contributed by atoms with Crippen LogP contribution < -0.4 is 10.5 Å². The van der Waals surface area contributed by atoms with Gasteiger partial charge in [0, 0.05) is 36.0 Å². The minimum Gasteiger partial charge on any atom is -0.439 e. The van der Waals surface area contributed by atoms with Crippen molar-refractivity contribution in [2.45, 2.75) is 6.54 Å². The Kier molecular flexibility index (Phi) is 3.08. The molecule has 0 amide bonds. The minimum atomic E-state index is 0.398. The molecule has 0 saturated heterocycles. The predicted molar refractivity (Wildman–Crippen MR) is 73.9 cm³/mol. The zero-order valence-corrected chi connectivity index (χ0v) is 10.3. The molecule has 0 aliphatic heterocycles. The third-order valence-electron chi connectivity index (χ3n) is 2.86. The van der Waals surface area contributed by atoms with Gasteiger partial charge in [-0.1, -0.05) is 12.1 Å². The van der Waals surface area contributed by atoms with Crippen molar-refractivity contribution < 1.29 is 4.74 Å². The number of pyridine rings is 2. The molecule has 19 heavy (non-hydrogen) atoms. The van der Waals surface area contributed by atoms with Gasteiger partial charge in [-0.25, -0.2) is 4.98 Å². The lowest BCUT2D eigenvalue weighted by Crippen LogP contribution is -2.00. The van der Waals surface area contributed by atoms with E-state index in [1.165, 1.54) is 0 Å². The molecule has 2 heterocycles. The van der Waals surface area contributed by atoms with Crippen LogP contribution in [0.4, 0.5) is 0 Å². The fourth-order valence-corrected chi connectivity index (χ4v) is 1.89. The van der Waals surface area contributed by atoms with Gasteiger partial charge in [-0.05, 0) is 24.3 Å². The first-order valence-electron chi connectivity index (χ1n) is 6.03. The Morgan fingerprint density at radius 1 is 1.00 bits per heavy atom. The summed E-state index contributed by atoms with van der Waals surface area (Å²) in [6, 6.07) is 13.4. The van der Waals surface area contributed by atoms with E-state index in [-0.39, 0.29) is 0 Å². The lowest BCUT2D eigenvalue weighted by atomic mass is 10.2. The molecule has 94 valence electrons. The zero-order chi connectivity index (χ0) is 13.1. The Bertz CT molecular complexity index is 712. The summed E-state index contributed by atoms with van der Waals surface area (Å²) < 4.78 is 5.78. The van der Waals surface area contributed by atoms with Crippen LogP contribution in [0.2, 0.25) is 0 Å². The second-order valence-corrected chi connectivity index (χ2v) is 4.13. The van der Waals surface area contributed by atoms with Gasteiger partial charge in [0.05, 0.1) is 5.52 Å². The first-order valence-corrected chi connectivity index (χ1v) is 6.03. The summed E-state index contributed by atoms with van der Waals surface area (Å²) in [5.41, 5.74) is 7.43. The van der Waals surface area contributed by atoms with Crippen LogP contribution in [0, 0.1) is 0 Å². The Hall–Kier alpha value is -2.46. The van der Waals surface area contributed by atoms with Crippen molar-refractivity contribution in [3.05, 3.63) is 60.4 Å². The SMILES string of the molecule is NCc1cccnc1Oc1ccc2cccnc2c1. The van der Waals surface area contributed by atoms with Gasteiger partial charge in [0.2, 0.25) is 5.88 Å². The van der Waals surface area contributed by atoms with Crippen LogP contribution in [-0.2, 0) is 6.54 Å². The van der Waals surface area contributed by atoms with Crippen molar-refractivity contribution in [1.29, 1.82) is 0 Å². The Morgan fingerprint density at radius 3 is 2.74 bits per heavy atom. The fourth-order valence-electron chi connectivity index (χ4n) is 1.89. The topological polar surface area (TPSA) is 61.0 Å². The quantitative estimate of drug-likeness (QED) is 0.777. The smallest absolute Gasteiger partial charge is 0.223 e. The molecule has 4 heteroatoms. The van der Waals surface area contributed by atoms with Crippen LogP contribution in [0.15, 0.2) is 54.9 Å². The summed E-state index contributed by atoms with van der Waals surface area (Å²) in [6.45, 7) is 0.398. The molecule has 4 nitrogen and oxygen atoms in total. The molecule has 2 N–H and O–H groups in total. The molecule has 0 atom stereocenters. The normalized spacial score (nSPS) is 10.6. The molecular formula is C15H13N3O. The molecule has 3 rings (SSSR count). The average Bonchev–Trinajstić information content (AvgIpc) is 2.48. The number of fused-ring (bicyclic) bond motifs is 1. The van der Waals surface area contributed by atoms with Gasteiger partial charge in [-0.15, -0.1) is 0 Å². The van der Waals surface area contributed by atoms with Gasteiger partial charge in [-0.2, -0.15) is 0 Å². The highest BCUT2D eigenvalue weighted by molar-refractivity contribution is 5.79. The van der Waals surface area contributed by atoms with Crippen LogP contribution in [-0.4, -0.2) is 9.97 Å². The Balaban J connectivity index is 1.96. The summed E-state index contributed by atoms with van der Waals surface area (Å²) >= 11 is 0. The number of nitrogens with zero attached hydrogens (tertiary/aromatic N) is 2. The van der Waals surface area contributed by atoms with Crippen LogP contribution in [0.5, 0.6) is 11.6 Å². The van der Waals surface area contributed by atoms with Crippen LogP contribution in [0.3, 0.4) is 0 Å². The van der Waals surface area contributed by atoms with Gasteiger partial charge in [0.1, 0.15) is 5.75 Å². The molecule has 0 aliphatic rings. The highest BCUT2D eigenvalue weighted by Gasteiger charge is 2.05. The van der Waals surface area contributed by atoms with Crippen LogP contribution in [0.25, 0.3) is 10.9 Å². The molecular weight excluding hydrogens is 238 g/mol. The van der Waals surface area contributed by atoms with Gasteiger partial charge >= 0.3 is 0 Å². The number of aromatic nitrogens is 2. The summed E-state index contributed by atoms with van der Waals surface area (Å²) in [4.78, 5) is 8.50. The van der Waals surface area contributed by atoms with Crippen molar-refractivity contribution in [1.82, 2.24) is 9.97 Å². The number of nitrogens with two attached hydrogens (primary N) is 1. The third kappa shape index (κ3) is 2.39. The number of ether oxygens (including phenoxy) is 1. The lowest BCUT2D eigenvalue weighted by Gasteiger charge is -2.08. The first kappa shape index (κ1) is 11.6. The van der Waals surface area contributed by atoms with E-state index >= 15 is 0 Å². The fraction of sp³-hybridized carbons (Fsp3) is 0.0667. The monoisotopic (exact) mass is 251 g/mol. The average molecular weight is 251 g/mol. The van der Waals surface area contributed by atoms with Gasteiger partial charge in [0.15, 0.2) is 0 Å².